The average molecular weight is 300 g/mol. The Kier molecular flexibility index (Phi) is 4.53. The lowest BCUT2D eigenvalue weighted by molar-refractivity contribution is -0.142. The second-order valence-corrected chi connectivity index (χ2v) is 7.80. The quantitative estimate of drug-likeness (QED) is 0.929. The van der Waals surface area contributed by atoms with Crippen molar-refractivity contribution in [1.82, 2.24) is 9.88 Å². The number of thioether (sulfide) groups is 1. The minimum absolute atomic E-state index is 0.0624. The summed E-state index contributed by atoms with van der Waals surface area (Å²) in [5.74, 6) is 0.949. The van der Waals surface area contributed by atoms with Gasteiger partial charge in [-0.3, -0.25) is 9.69 Å². The monoisotopic (exact) mass is 300 g/mol. The van der Waals surface area contributed by atoms with Crippen molar-refractivity contribution in [1.29, 1.82) is 0 Å². The molecule has 0 aromatic carbocycles. The molecule has 2 heterocycles. The van der Waals surface area contributed by atoms with Crippen molar-refractivity contribution < 1.29 is 9.90 Å². The number of nitrogens with zero attached hydrogens (tertiary/aromatic N) is 2. The summed E-state index contributed by atoms with van der Waals surface area (Å²) >= 11 is 3.38. The van der Waals surface area contributed by atoms with Gasteiger partial charge in [0.1, 0.15) is 6.04 Å². The Morgan fingerprint density at radius 3 is 2.89 bits per heavy atom. The maximum absolute atomic E-state index is 11.2. The molecule has 2 rings (SSSR count). The third-order valence-electron chi connectivity index (χ3n) is 3.08. The number of aliphatic carboxylic acids is 1. The van der Waals surface area contributed by atoms with Crippen LogP contribution in [0.4, 0.5) is 0 Å². The number of carboxylic acids is 1. The number of aromatic nitrogens is 1. The van der Waals surface area contributed by atoms with Crippen LogP contribution in [0, 0.1) is 0 Å². The first-order valence-electron chi connectivity index (χ1n) is 6.37. The highest BCUT2D eigenvalue weighted by Crippen LogP contribution is 2.27. The van der Waals surface area contributed by atoms with Crippen molar-refractivity contribution >= 4 is 29.1 Å². The van der Waals surface area contributed by atoms with Crippen LogP contribution >= 0.6 is 23.1 Å². The van der Waals surface area contributed by atoms with Crippen LogP contribution in [-0.2, 0) is 16.8 Å². The van der Waals surface area contributed by atoms with Crippen LogP contribution in [0.2, 0.25) is 0 Å². The van der Waals surface area contributed by atoms with Crippen molar-refractivity contribution in [2.24, 2.45) is 0 Å². The molecule has 0 saturated carbocycles. The van der Waals surface area contributed by atoms with Gasteiger partial charge in [0, 0.05) is 35.4 Å². The van der Waals surface area contributed by atoms with Crippen LogP contribution in [0.5, 0.6) is 0 Å². The number of thiazole rings is 1. The Bertz CT molecular complexity index is 454. The van der Waals surface area contributed by atoms with Crippen LogP contribution in [0.25, 0.3) is 0 Å². The molecule has 4 nitrogen and oxygen atoms in total. The molecular formula is C13H20N2O2S2. The lowest BCUT2D eigenvalue weighted by Gasteiger charge is -2.31. The standard InChI is InChI=1S/C13H20N2O2S2/c1-13(2,3)12-14-9(7-19-12)6-15-4-5-18-8-10(15)11(16)17/h7,10H,4-6,8H2,1-3H3,(H,16,17). The van der Waals surface area contributed by atoms with E-state index in [-0.39, 0.29) is 11.5 Å². The molecule has 0 bridgehead atoms. The minimum atomic E-state index is -0.724. The number of carboxylic acid groups (broad SMARTS) is 1. The fourth-order valence-corrected chi connectivity index (χ4v) is 3.99. The fourth-order valence-electron chi connectivity index (χ4n) is 1.99. The molecule has 1 unspecified atom stereocenters. The van der Waals surface area contributed by atoms with Gasteiger partial charge in [-0.2, -0.15) is 11.8 Å². The van der Waals surface area contributed by atoms with Gasteiger partial charge in [0.05, 0.1) is 10.7 Å². The topological polar surface area (TPSA) is 53.4 Å². The molecule has 0 amide bonds. The molecule has 1 N–H and O–H groups in total. The fraction of sp³-hybridized carbons (Fsp3) is 0.692. The number of rotatable bonds is 3. The third-order valence-corrected chi connectivity index (χ3v) is 5.42. The molecule has 106 valence electrons. The van der Waals surface area contributed by atoms with E-state index in [0.29, 0.717) is 12.3 Å². The van der Waals surface area contributed by atoms with Crippen molar-refractivity contribution in [3.63, 3.8) is 0 Å². The number of hydrogen-bond acceptors (Lipinski definition) is 5. The van der Waals surface area contributed by atoms with Gasteiger partial charge < -0.3 is 5.11 Å². The normalized spacial score (nSPS) is 21.5. The van der Waals surface area contributed by atoms with Gasteiger partial charge in [-0.25, -0.2) is 4.98 Å². The first-order valence-corrected chi connectivity index (χ1v) is 8.41. The van der Waals surface area contributed by atoms with E-state index >= 15 is 0 Å². The first kappa shape index (κ1) is 14.8. The predicted octanol–water partition coefficient (Wildman–Crippen LogP) is 2.44. The van der Waals surface area contributed by atoms with Crippen molar-refractivity contribution in [3.05, 3.63) is 16.1 Å². The van der Waals surface area contributed by atoms with E-state index in [9.17, 15) is 9.90 Å². The van der Waals surface area contributed by atoms with Gasteiger partial charge in [-0.1, -0.05) is 20.8 Å². The summed E-state index contributed by atoms with van der Waals surface area (Å²) in [5, 5.41) is 12.4. The van der Waals surface area contributed by atoms with Gasteiger partial charge in [0.25, 0.3) is 0 Å². The maximum Gasteiger partial charge on any atom is 0.321 e. The molecule has 1 fully saturated rings. The largest absolute Gasteiger partial charge is 0.480 e. The van der Waals surface area contributed by atoms with Gasteiger partial charge in [-0.05, 0) is 0 Å². The summed E-state index contributed by atoms with van der Waals surface area (Å²) < 4.78 is 0. The maximum atomic E-state index is 11.2. The predicted molar refractivity (Wildman–Crippen MR) is 80.0 cm³/mol. The molecule has 1 saturated heterocycles. The van der Waals surface area contributed by atoms with Crippen molar-refractivity contribution in [2.45, 2.75) is 38.8 Å². The summed E-state index contributed by atoms with van der Waals surface area (Å²) in [7, 11) is 0. The van der Waals surface area contributed by atoms with Gasteiger partial charge in [0.2, 0.25) is 0 Å². The molecule has 0 aliphatic carbocycles. The van der Waals surface area contributed by atoms with E-state index in [4.69, 9.17) is 0 Å². The second-order valence-electron chi connectivity index (χ2n) is 5.79. The summed E-state index contributed by atoms with van der Waals surface area (Å²) in [6.07, 6.45) is 0. The van der Waals surface area contributed by atoms with E-state index in [2.05, 4.69) is 31.1 Å². The average Bonchev–Trinajstić information content (AvgIpc) is 2.77. The van der Waals surface area contributed by atoms with Gasteiger partial charge in [-0.15, -0.1) is 11.3 Å². The molecule has 6 heteroatoms. The summed E-state index contributed by atoms with van der Waals surface area (Å²) in [5.41, 5.74) is 1.06. The van der Waals surface area contributed by atoms with Crippen LogP contribution < -0.4 is 0 Å². The van der Waals surface area contributed by atoms with Crippen LogP contribution in [0.1, 0.15) is 31.5 Å². The zero-order valence-electron chi connectivity index (χ0n) is 11.5. The lowest BCUT2D eigenvalue weighted by Crippen LogP contribution is -2.46. The molecule has 1 aromatic heterocycles. The van der Waals surface area contributed by atoms with Gasteiger partial charge >= 0.3 is 5.97 Å². The Hall–Kier alpha value is -0.590. The summed E-state index contributed by atoms with van der Waals surface area (Å²) in [4.78, 5) is 17.9. The van der Waals surface area contributed by atoms with E-state index in [1.165, 1.54) is 0 Å². The summed E-state index contributed by atoms with van der Waals surface area (Å²) in [6.45, 7) is 7.90. The van der Waals surface area contributed by atoms with Crippen LogP contribution in [0.3, 0.4) is 0 Å². The third kappa shape index (κ3) is 3.70. The Labute approximate surface area is 122 Å². The first-order chi connectivity index (χ1) is 8.88. The van der Waals surface area contributed by atoms with E-state index < -0.39 is 5.97 Å². The molecule has 1 aliphatic heterocycles. The number of carbonyl (C=O) groups is 1. The van der Waals surface area contributed by atoms with Gasteiger partial charge in [0.15, 0.2) is 0 Å². The Balaban J connectivity index is 2.07. The molecule has 0 spiro atoms. The van der Waals surface area contributed by atoms with Crippen molar-refractivity contribution in [3.8, 4) is 0 Å². The number of hydrogen-bond donors (Lipinski definition) is 1. The highest BCUT2D eigenvalue weighted by atomic mass is 32.2. The molecular weight excluding hydrogens is 280 g/mol. The Morgan fingerprint density at radius 2 is 2.32 bits per heavy atom. The minimum Gasteiger partial charge on any atom is -0.480 e. The van der Waals surface area contributed by atoms with Crippen LogP contribution in [0.15, 0.2) is 5.38 Å². The summed E-state index contributed by atoms with van der Waals surface area (Å²) in [6, 6.07) is -0.376. The zero-order valence-corrected chi connectivity index (χ0v) is 13.2. The highest BCUT2D eigenvalue weighted by Gasteiger charge is 2.29. The molecule has 1 atom stereocenters. The van der Waals surface area contributed by atoms with Crippen molar-refractivity contribution in [2.75, 3.05) is 18.1 Å². The highest BCUT2D eigenvalue weighted by molar-refractivity contribution is 7.99. The lowest BCUT2D eigenvalue weighted by atomic mass is 9.98. The van der Waals surface area contributed by atoms with E-state index in [0.717, 1.165) is 23.0 Å². The Morgan fingerprint density at radius 1 is 1.58 bits per heavy atom. The molecule has 1 aliphatic rings. The van der Waals surface area contributed by atoms with E-state index in [1.807, 2.05) is 4.90 Å². The molecule has 19 heavy (non-hydrogen) atoms. The zero-order chi connectivity index (χ0) is 14.0. The van der Waals surface area contributed by atoms with Crippen LogP contribution in [-0.4, -0.2) is 45.1 Å². The second kappa shape index (κ2) is 5.81. The molecule has 0 radical (unpaired) electrons. The molecule has 1 aromatic rings. The van der Waals surface area contributed by atoms with E-state index in [1.54, 1.807) is 23.1 Å². The smallest absolute Gasteiger partial charge is 0.321 e. The SMILES string of the molecule is CC(C)(C)c1nc(CN2CCSCC2C(=O)O)cs1.